The molecule has 0 saturated carbocycles. The maximum atomic E-state index is 5.70. The molecule has 0 atom stereocenters. The highest BCUT2D eigenvalue weighted by Gasteiger charge is 2.01. The van der Waals surface area contributed by atoms with Crippen LogP contribution in [0.5, 0.6) is 5.75 Å². The molecule has 0 heterocycles. The summed E-state index contributed by atoms with van der Waals surface area (Å²) >= 11 is 3.53. The first-order chi connectivity index (χ1) is 7.77. The molecule has 0 aliphatic carbocycles. The molecule has 0 aliphatic heterocycles. The molecular formula is C13H20BrNO. The molecule has 3 heteroatoms. The largest absolute Gasteiger partial charge is 0.492 e. The summed E-state index contributed by atoms with van der Waals surface area (Å²) in [5, 5.41) is 3.28. The molecule has 1 rings (SSSR count). The van der Waals surface area contributed by atoms with Crippen LogP contribution in [-0.2, 0) is 6.42 Å². The minimum absolute atomic E-state index is 0.761. The van der Waals surface area contributed by atoms with Gasteiger partial charge in [-0.05, 0) is 59.6 Å². The molecule has 16 heavy (non-hydrogen) atoms. The summed E-state index contributed by atoms with van der Waals surface area (Å²) in [6.07, 6.45) is 2.09. The minimum atomic E-state index is 0.761. The number of halogens is 1. The van der Waals surface area contributed by atoms with E-state index in [-0.39, 0.29) is 0 Å². The van der Waals surface area contributed by atoms with Crippen LogP contribution in [0.3, 0.4) is 0 Å². The quantitative estimate of drug-likeness (QED) is 0.776. The van der Waals surface area contributed by atoms with E-state index in [9.17, 15) is 0 Å². The Hall–Kier alpha value is -0.540. The monoisotopic (exact) mass is 285 g/mol. The lowest BCUT2D eigenvalue weighted by Crippen LogP contribution is -2.16. The average molecular weight is 286 g/mol. The molecule has 0 aliphatic rings. The van der Waals surface area contributed by atoms with Crippen LogP contribution in [0.4, 0.5) is 0 Å². The number of rotatable bonds is 7. The van der Waals surface area contributed by atoms with Gasteiger partial charge in [-0.25, -0.2) is 0 Å². The highest BCUT2D eigenvalue weighted by Crippen LogP contribution is 2.26. The van der Waals surface area contributed by atoms with Gasteiger partial charge in [0, 0.05) is 0 Å². The SMILES string of the molecule is CCNCCCOc1ccc(CC)cc1Br. The Balaban J connectivity index is 2.36. The lowest BCUT2D eigenvalue weighted by Gasteiger charge is -2.09. The Kier molecular flexibility index (Phi) is 6.50. The highest BCUT2D eigenvalue weighted by atomic mass is 79.9. The zero-order chi connectivity index (χ0) is 11.8. The summed E-state index contributed by atoms with van der Waals surface area (Å²) in [6.45, 7) is 7.06. The second-order valence-electron chi connectivity index (χ2n) is 3.67. The number of hydrogen-bond donors (Lipinski definition) is 1. The van der Waals surface area contributed by atoms with Gasteiger partial charge in [0.2, 0.25) is 0 Å². The second kappa shape index (κ2) is 7.69. The van der Waals surface area contributed by atoms with E-state index in [1.165, 1.54) is 5.56 Å². The van der Waals surface area contributed by atoms with Crippen LogP contribution in [0, 0.1) is 0 Å². The standard InChI is InChI=1S/C13H20BrNO/c1-3-11-6-7-13(12(14)10-11)16-9-5-8-15-4-2/h6-7,10,15H,3-5,8-9H2,1-2H3. The van der Waals surface area contributed by atoms with Crippen molar-refractivity contribution >= 4 is 15.9 Å². The zero-order valence-corrected chi connectivity index (χ0v) is 11.6. The third-order valence-electron chi connectivity index (χ3n) is 2.41. The first-order valence-corrected chi connectivity index (χ1v) is 6.69. The van der Waals surface area contributed by atoms with Crippen molar-refractivity contribution in [3.8, 4) is 5.75 Å². The van der Waals surface area contributed by atoms with Gasteiger partial charge in [-0.2, -0.15) is 0 Å². The fraction of sp³-hybridized carbons (Fsp3) is 0.538. The van der Waals surface area contributed by atoms with E-state index in [0.717, 1.165) is 42.8 Å². The van der Waals surface area contributed by atoms with Crippen LogP contribution in [0.2, 0.25) is 0 Å². The third-order valence-corrected chi connectivity index (χ3v) is 3.03. The number of nitrogens with one attached hydrogen (secondary N) is 1. The summed E-state index contributed by atoms with van der Waals surface area (Å²) in [5.74, 6) is 0.939. The predicted octanol–water partition coefficient (Wildman–Crippen LogP) is 3.39. The molecule has 0 aromatic heterocycles. The number of benzene rings is 1. The molecule has 0 fully saturated rings. The van der Waals surface area contributed by atoms with Gasteiger partial charge in [-0.1, -0.05) is 19.9 Å². The lowest BCUT2D eigenvalue weighted by atomic mass is 10.2. The Bertz CT molecular complexity index is 315. The first kappa shape index (κ1) is 13.5. The Morgan fingerprint density at radius 1 is 1.31 bits per heavy atom. The second-order valence-corrected chi connectivity index (χ2v) is 4.53. The molecule has 1 aromatic carbocycles. The fourth-order valence-electron chi connectivity index (χ4n) is 1.44. The van der Waals surface area contributed by atoms with Crippen LogP contribution in [0.25, 0.3) is 0 Å². The van der Waals surface area contributed by atoms with E-state index < -0.39 is 0 Å². The van der Waals surface area contributed by atoms with Crippen molar-refractivity contribution in [2.45, 2.75) is 26.7 Å². The smallest absolute Gasteiger partial charge is 0.133 e. The van der Waals surface area contributed by atoms with Crippen LogP contribution >= 0.6 is 15.9 Å². The van der Waals surface area contributed by atoms with Gasteiger partial charge in [-0.15, -0.1) is 0 Å². The summed E-state index contributed by atoms with van der Waals surface area (Å²) < 4.78 is 6.75. The van der Waals surface area contributed by atoms with Gasteiger partial charge in [0.05, 0.1) is 11.1 Å². The molecule has 1 N–H and O–H groups in total. The Morgan fingerprint density at radius 3 is 2.75 bits per heavy atom. The van der Waals surface area contributed by atoms with Crippen molar-refractivity contribution in [1.29, 1.82) is 0 Å². The molecule has 0 unspecified atom stereocenters. The third kappa shape index (κ3) is 4.54. The first-order valence-electron chi connectivity index (χ1n) is 5.89. The van der Waals surface area contributed by atoms with Crippen LogP contribution in [0.15, 0.2) is 22.7 Å². The van der Waals surface area contributed by atoms with E-state index in [1.54, 1.807) is 0 Å². The Labute approximate surface area is 107 Å². The summed E-state index contributed by atoms with van der Waals surface area (Å²) in [7, 11) is 0. The van der Waals surface area contributed by atoms with Crippen molar-refractivity contribution < 1.29 is 4.74 Å². The molecule has 0 radical (unpaired) electrons. The number of hydrogen-bond acceptors (Lipinski definition) is 2. The molecule has 90 valence electrons. The average Bonchev–Trinajstić information content (AvgIpc) is 2.30. The van der Waals surface area contributed by atoms with Gasteiger partial charge in [-0.3, -0.25) is 0 Å². The van der Waals surface area contributed by atoms with E-state index in [4.69, 9.17) is 4.74 Å². The van der Waals surface area contributed by atoms with Gasteiger partial charge < -0.3 is 10.1 Å². The van der Waals surface area contributed by atoms with E-state index in [2.05, 4.69) is 47.2 Å². The molecule has 0 amide bonds. The van der Waals surface area contributed by atoms with Gasteiger partial charge in [0.1, 0.15) is 5.75 Å². The maximum absolute atomic E-state index is 5.70. The molecule has 1 aromatic rings. The number of ether oxygens (including phenoxy) is 1. The fourth-order valence-corrected chi connectivity index (χ4v) is 1.98. The van der Waals surface area contributed by atoms with Crippen molar-refractivity contribution in [3.05, 3.63) is 28.2 Å². The molecular weight excluding hydrogens is 266 g/mol. The maximum Gasteiger partial charge on any atom is 0.133 e. The van der Waals surface area contributed by atoms with E-state index in [0.29, 0.717) is 0 Å². The van der Waals surface area contributed by atoms with E-state index >= 15 is 0 Å². The summed E-state index contributed by atoms with van der Waals surface area (Å²) in [6, 6.07) is 6.28. The normalized spacial score (nSPS) is 10.4. The van der Waals surface area contributed by atoms with Crippen LogP contribution in [0.1, 0.15) is 25.8 Å². The van der Waals surface area contributed by atoms with Crippen molar-refractivity contribution in [2.75, 3.05) is 19.7 Å². The van der Waals surface area contributed by atoms with Gasteiger partial charge in [0.15, 0.2) is 0 Å². The molecule has 2 nitrogen and oxygen atoms in total. The Morgan fingerprint density at radius 2 is 2.12 bits per heavy atom. The minimum Gasteiger partial charge on any atom is -0.492 e. The summed E-state index contributed by atoms with van der Waals surface area (Å²) in [5.41, 5.74) is 1.33. The van der Waals surface area contributed by atoms with Crippen LogP contribution < -0.4 is 10.1 Å². The van der Waals surface area contributed by atoms with Gasteiger partial charge >= 0.3 is 0 Å². The highest BCUT2D eigenvalue weighted by molar-refractivity contribution is 9.10. The van der Waals surface area contributed by atoms with E-state index in [1.807, 2.05) is 6.07 Å². The van der Waals surface area contributed by atoms with Crippen molar-refractivity contribution in [2.24, 2.45) is 0 Å². The molecule has 0 bridgehead atoms. The summed E-state index contributed by atoms with van der Waals surface area (Å²) in [4.78, 5) is 0. The lowest BCUT2D eigenvalue weighted by molar-refractivity contribution is 0.307. The number of aryl methyl sites for hydroxylation is 1. The molecule has 0 spiro atoms. The topological polar surface area (TPSA) is 21.3 Å². The molecule has 0 saturated heterocycles. The van der Waals surface area contributed by atoms with Crippen molar-refractivity contribution in [3.63, 3.8) is 0 Å². The predicted molar refractivity (Wildman–Crippen MR) is 72.2 cm³/mol. The van der Waals surface area contributed by atoms with Crippen molar-refractivity contribution in [1.82, 2.24) is 5.32 Å². The van der Waals surface area contributed by atoms with Crippen LogP contribution in [-0.4, -0.2) is 19.7 Å². The zero-order valence-electron chi connectivity index (χ0n) is 10.1. The van der Waals surface area contributed by atoms with Gasteiger partial charge in [0.25, 0.3) is 0 Å².